The maximum absolute atomic E-state index is 14.1. The number of likely N-dealkylation sites (tertiary alicyclic amines) is 1. The van der Waals surface area contributed by atoms with E-state index in [0.717, 1.165) is 12.1 Å². The van der Waals surface area contributed by atoms with E-state index < -0.39 is 47.3 Å². The van der Waals surface area contributed by atoms with Crippen molar-refractivity contribution in [2.75, 3.05) is 51.9 Å². The van der Waals surface area contributed by atoms with Crippen LogP contribution in [0.1, 0.15) is 30.9 Å². The van der Waals surface area contributed by atoms with Crippen molar-refractivity contribution in [3.8, 4) is 11.6 Å². The minimum atomic E-state index is -1.53. The Balaban J connectivity index is 1.36. The highest BCUT2D eigenvalue weighted by Crippen LogP contribution is 2.32. The topological polar surface area (TPSA) is 99.1 Å². The Morgan fingerprint density at radius 3 is 2.51 bits per heavy atom. The summed E-state index contributed by atoms with van der Waals surface area (Å²) >= 11 is 0. The van der Waals surface area contributed by atoms with Crippen LogP contribution in [0.15, 0.2) is 42.5 Å². The van der Waals surface area contributed by atoms with E-state index in [-0.39, 0.29) is 18.1 Å². The van der Waals surface area contributed by atoms with Crippen molar-refractivity contribution < 1.29 is 36.9 Å². The number of anilines is 1. The molecule has 3 aromatic rings. The number of ether oxygens (including phenoxy) is 4. The van der Waals surface area contributed by atoms with Crippen molar-refractivity contribution in [3.63, 3.8) is 0 Å². The van der Waals surface area contributed by atoms with E-state index in [1.807, 2.05) is 49.1 Å². The SMILES string of the molecule is COCCN1C[C@@H](NC(=O)Nc2c(C)c(OC[C@@H]3OCC(C)(C)O3)nn2-c2ccccc2)[C@H](c2cc(F)c(F)c(F)c2)C1. The van der Waals surface area contributed by atoms with E-state index in [2.05, 4.69) is 15.7 Å². The third-order valence-corrected chi connectivity index (χ3v) is 7.49. The molecule has 3 atom stereocenters. The lowest BCUT2D eigenvalue weighted by Gasteiger charge is -2.21. The fourth-order valence-electron chi connectivity index (χ4n) is 5.34. The van der Waals surface area contributed by atoms with Crippen molar-refractivity contribution in [1.82, 2.24) is 20.0 Å². The van der Waals surface area contributed by atoms with Crippen molar-refractivity contribution in [1.29, 1.82) is 0 Å². The molecular weight excluding hydrogens is 567 g/mol. The fourth-order valence-corrected chi connectivity index (χ4v) is 5.34. The first-order chi connectivity index (χ1) is 20.5. The monoisotopic (exact) mass is 603 g/mol. The molecule has 2 N–H and O–H groups in total. The van der Waals surface area contributed by atoms with E-state index >= 15 is 0 Å². The molecule has 43 heavy (non-hydrogen) atoms. The number of urea groups is 1. The van der Waals surface area contributed by atoms with Gasteiger partial charge in [0.15, 0.2) is 23.7 Å². The van der Waals surface area contributed by atoms with Gasteiger partial charge in [-0.25, -0.2) is 22.6 Å². The molecule has 232 valence electrons. The van der Waals surface area contributed by atoms with Gasteiger partial charge in [0.05, 0.1) is 36.1 Å². The summed E-state index contributed by atoms with van der Waals surface area (Å²) in [5, 5.41) is 10.4. The van der Waals surface area contributed by atoms with Gasteiger partial charge in [0.1, 0.15) is 12.4 Å². The molecule has 0 spiro atoms. The first-order valence-electron chi connectivity index (χ1n) is 14.0. The van der Waals surface area contributed by atoms with Crippen molar-refractivity contribution >= 4 is 11.8 Å². The number of rotatable bonds is 10. The number of nitrogens with one attached hydrogen (secondary N) is 2. The second kappa shape index (κ2) is 12.9. The van der Waals surface area contributed by atoms with Crippen molar-refractivity contribution in [2.24, 2.45) is 0 Å². The van der Waals surface area contributed by atoms with Crippen LogP contribution >= 0.6 is 0 Å². The lowest BCUT2D eigenvalue weighted by atomic mass is 9.94. The fraction of sp³-hybridized carbons (Fsp3) is 0.467. The molecule has 2 aliphatic rings. The highest BCUT2D eigenvalue weighted by atomic mass is 19.2. The lowest BCUT2D eigenvalue weighted by Crippen LogP contribution is -2.42. The number of carbonyl (C=O) groups is 1. The number of para-hydroxylation sites is 1. The summed E-state index contributed by atoms with van der Waals surface area (Å²) < 4.78 is 66.1. The molecule has 2 fully saturated rings. The van der Waals surface area contributed by atoms with Gasteiger partial charge in [0.25, 0.3) is 0 Å². The summed E-state index contributed by atoms with van der Waals surface area (Å²) in [5.41, 5.74) is 1.10. The molecule has 0 radical (unpaired) electrons. The first kappa shape index (κ1) is 30.8. The molecule has 2 aliphatic heterocycles. The number of carbonyl (C=O) groups excluding carboxylic acids is 1. The summed E-state index contributed by atoms with van der Waals surface area (Å²) in [6.45, 7) is 7.93. The second-order valence-corrected chi connectivity index (χ2v) is 11.3. The summed E-state index contributed by atoms with van der Waals surface area (Å²) in [4.78, 5) is 15.5. The highest BCUT2D eigenvalue weighted by Gasteiger charge is 2.36. The molecule has 10 nitrogen and oxygen atoms in total. The van der Waals surface area contributed by atoms with Crippen LogP contribution in [-0.2, 0) is 14.2 Å². The Kier molecular flexibility index (Phi) is 9.25. The molecule has 5 rings (SSSR count). The van der Waals surface area contributed by atoms with Gasteiger partial charge < -0.3 is 24.3 Å². The van der Waals surface area contributed by atoms with Crippen LogP contribution in [0.3, 0.4) is 0 Å². The predicted molar refractivity (Wildman–Crippen MR) is 152 cm³/mol. The van der Waals surface area contributed by atoms with Gasteiger partial charge in [-0.2, -0.15) is 0 Å². The van der Waals surface area contributed by atoms with Gasteiger partial charge in [0.2, 0.25) is 5.88 Å². The van der Waals surface area contributed by atoms with E-state index in [0.29, 0.717) is 49.9 Å². The highest BCUT2D eigenvalue weighted by molar-refractivity contribution is 5.90. The van der Waals surface area contributed by atoms with Crippen molar-refractivity contribution in [2.45, 2.75) is 44.6 Å². The van der Waals surface area contributed by atoms with Crippen LogP contribution in [0, 0.1) is 24.4 Å². The molecule has 0 unspecified atom stereocenters. The van der Waals surface area contributed by atoms with Gasteiger partial charge in [0, 0.05) is 32.7 Å². The molecule has 2 aromatic carbocycles. The minimum absolute atomic E-state index is 0.105. The van der Waals surface area contributed by atoms with E-state index in [1.165, 1.54) is 0 Å². The van der Waals surface area contributed by atoms with E-state index in [9.17, 15) is 18.0 Å². The van der Waals surface area contributed by atoms with Crippen LogP contribution < -0.4 is 15.4 Å². The number of hydrogen-bond acceptors (Lipinski definition) is 7. The first-order valence-corrected chi connectivity index (χ1v) is 14.0. The van der Waals surface area contributed by atoms with E-state index in [1.54, 1.807) is 18.7 Å². The molecule has 2 amide bonds. The number of hydrogen-bond donors (Lipinski definition) is 2. The lowest BCUT2D eigenvalue weighted by molar-refractivity contribution is -0.0997. The molecule has 2 saturated heterocycles. The predicted octanol–water partition coefficient (Wildman–Crippen LogP) is 4.36. The maximum atomic E-state index is 14.1. The number of amides is 2. The average molecular weight is 604 g/mol. The number of methoxy groups -OCH3 is 1. The quantitative estimate of drug-likeness (QED) is 0.332. The van der Waals surface area contributed by atoms with Crippen LogP contribution in [0.25, 0.3) is 5.69 Å². The zero-order valence-electron chi connectivity index (χ0n) is 24.5. The normalized spacial score (nSPS) is 21.7. The molecule has 0 saturated carbocycles. The molecule has 0 bridgehead atoms. The molecule has 0 aliphatic carbocycles. The maximum Gasteiger partial charge on any atom is 0.320 e. The minimum Gasteiger partial charge on any atom is -0.471 e. The zero-order valence-corrected chi connectivity index (χ0v) is 24.5. The van der Waals surface area contributed by atoms with Gasteiger partial charge in [-0.05, 0) is 50.6 Å². The summed E-state index contributed by atoms with van der Waals surface area (Å²) in [7, 11) is 1.58. The Labute approximate surface area is 248 Å². The Hall–Kier alpha value is -3.65. The summed E-state index contributed by atoms with van der Waals surface area (Å²) in [6, 6.07) is 10.1. The molecule has 3 heterocycles. The number of aromatic nitrogens is 2. The number of nitrogens with zero attached hydrogens (tertiary/aromatic N) is 3. The molecule has 13 heteroatoms. The van der Waals surface area contributed by atoms with Crippen LogP contribution in [-0.4, -0.2) is 85.2 Å². The average Bonchev–Trinajstić information content (AvgIpc) is 3.64. The van der Waals surface area contributed by atoms with Crippen LogP contribution in [0.2, 0.25) is 0 Å². The third-order valence-electron chi connectivity index (χ3n) is 7.49. The van der Waals surface area contributed by atoms with Crippen molar-refractivity contribution in [3.05, 3.63) is 71.0 Å². The standard InChI is InChI=1S/C30H36F3N5O5/c1-18-27(38(20-8-6-5-7-9-20)36-28(18)41-16-25-42-17-30(2,3)43-25)35-29(39)34-24-15-37(10-11-40-4)14-21(24)19-12-22(31)26(33)23(32)13-19/h5-9,12-13,21,24-25H,10-11,14-17H2,1-4H3,(H2,34,35,39)/t21-,24+,25+/m0/s1. The smallest absolute Gasteiger partial charge is 0.320 e. The molecular formula is C30H36F3N5O5. The largest absolute Gasteiger partial charge is 0.471 e. The van der Waals surface area contributed by atoms with Gasteiger partial charge >= 0.3 is 6.03 Å². The second-order valence-electron chi connectivity index (χ2n) is 11.3. The van der Waals surface area contributed by atoms with Crippen LogP contribution in [0.5, 0.6) is 5.88 Å². The van der Waals surface area contributed by atoms with Gasteiger partial charge in [-0.3, -0.25) is 10.2 Å². The van der Waals surface area contributed by atoms with Crippen LogP contribution in [0.4, 0.5) is 23.8 Å². The Morgan fingerprint density at radius 1 is 1.14 bits per heavy atom. The summed E-state index contributed by atoms with van der Waals surface area (Å²) in [5.74, 6) is -3.92. The molecule has 1 aromatic heterocycles. The number of halogens is 3. The van der Waals surface area contributed by atoms with Gasteiger partial charge in [-0.1, -0.05) is 18.2 Å². The Bertz CT molecular complexity index is 1410. The summed E-state index contributed by atoms with van der Waals surface area (Å²) in [6.07, 6.45) is -0.558. The number of benzene rings is 2. The zero-order chi connectivity index (χ0) is 30.7. The van der Waals surface area contributed by atoms with Gasteiger partial charge in [-0.15, -0.1) is 5.10 Å². The Morgan fingerprint density at radius 2 is 1.86 bits per heavy atom. The third kappa shape index (κ3) is 7.12. The van der Waals surface area contributed by atoms with E-state index in [4.69, 9.17) is 18.9 Å².